The Morgan fingerprint density at radius 1 is 1.53 bits per heavy atom. The summed E-state index contributed by atoms with van der Waals surface area (Å²) in [6.07, 6.45) is -4.21. The van der Waals surface area contributed by atoms with E-state index in [0.717, 1.165) is 0 Å². The van der Waals surface area contributed by atoms with Crippen molar-refractivity contribution in [2.24, 2.45) is 0 Å². The second-order valence-corrected chi connectivity index (χ2v) is 5.14. The van der Waals surface area contributed by atoms with E-state index in [-0.39, 0.29) is 6.54 Å². The van der Waals surface area contributed by atoms with Gasteiger partial charge < -0.3 is 0 Å². The summed E-state index contributed by atoms with van der Waals surface area (Å²) < 4.78 is 59.6. The molecular weight excluding hydrogens is 257 g/mol. The fourth-order valence-electron chi connectivity index (χ4n) is 1.07. The number of hydrogen-bond donors (Lipinski definition) is 0. The SMILES string of the molecule is CCn1ncc(S(=O)(=O)Cl)c1C(F)(F)F. The van der Waals surface area contributed by atoms with Gasteiger partial charge in [0.05, 0.1) is 6.20 Å². The van der Waals surface area contributed by atoms with Gasteiger partial charge in [0.25, 0.3) is 9.05 Å². The van der Waals surface area contributed by atoms with Crippen LogP contribution < -0.4 is 0 Å². The topological polar surface area (TPSA) is 52.0 Å². The molecule has 0 aliphatic carbocycles. The summed E-state index contributed by atoms with van der Waals surface area (Å²) >= 11 is 0. The van der Waals surface area contributed by atoms with Gasteiger partial charge in [-0.2, -0.15) is 18.3 Å². The van der Waals surface area contributed by atoms with E-state index in [1.54, 1.807) is 0 Å². The van der Waals surface area contributed by atoms with Crippen molar-refractivity contribution in [3.8, 4) is 0 Å². The molecule has 0 saturated heterocycles. The zero-order valence-electron chi connectivity index (χ0n) is 7.42. The van der Waals surface area contributed by atoms with Gasteiger partial charge in [-0.15, -0.1) is 0 Å². The number of aromatic nitrogens is 2. The molecule has 0 amide bonds. The fourth-order valence-corrected chi connectivity index (χ4v) is 2.04. The molecule has 0 aromatic carbocycles. The van der Waals surface area contributed by atoms with Crippen molar-refractivity contribution in [3.05, 3.63) is 11.9 Å². The Bertz CT molecular complexity index is 465. The zero-order chi connectivity index (χ0) is 11.9. The van der Waals surface area contributed by atoms with Crippen LogP contribution in [0.15, 0.2) is 11.1 Å². The fraction of sp³-hybridized carbons (Fsp3) is 0.500. The van der Waals surface area contributed by atoms with Crippen molar-refractivity contribution in [1.82, 2.24) is 9.78 Å². The van der Waals surface area contributed by atoms with Crippen molar-refractivity contribution in [2.45, 2.75) is 24.5 Å². The molecule has 1 rings (SSSR count). The van der Waals surface area contributed by atoms with Crippen LogP contribution in [0.5, 0.6) is 0 Å². The van der Waals surface area contributed by atoms with E-state index >= 15 is 0 Å². The highest BCUT2D eigenvalue weighted by molar-refractivity contribution is 8.13. The van der Waals surface area contributed by atoms with Gasteiger partial charge in [0.15, 0.2) is 5.69 Å². The molecule has 0 aliphatic heterocycles. The number of nitrogens with zero attached hydrogens (tertiary/aromatic N) is 2. The molecule has 0 unspecified atom stereocenters. The lowest BCUT2D eigenvalue weighted by Gasteiger charge is -2.09. The standard InChI is InChI=1S/C6H6ClF3N2O2S/c1-2-12-5(6(8,9)10)4(3-11-12)15(7,13)14/h3H,2H2,1H3. The molecule has 1 aromatic rings. The number of alkyl halides is 3. The number of rotatable bonds is 2. The first-order chi connectivity index (χ1) is 6.68. The first-order valence-electron chi connectivity index (χ1n) is 3.75. The van der Waals surface area contributed by atoms with E-state index in [2.05, 4.69) is 5.10 Å². The first-order valence-corrected chi connectivity index (χ1v) is 6.06. The molecule has 9 heteroatoms. The predicted octanol–water partition coefficient (Wildman–Crippen LogP) is 1.85. The molecule has 0 aliphatic rings. The van der Waals surface area contributed by atoms with Crippen LogP contribution in [-0.2, 0) is 21.8 Å². The van der Waals surface area contributed by atoms with Crippen LogP contribution in [0, 0.1) is 0 Å². The molecule has 0 bridgehead atoms. The third-order valence-corrected chi connectivity index (χ3v) is 2.96. The van der Waals surface area contributed by atoms with Gasteiger partial charge >= 0.3 is 6.18 Å². The maximum absolute atomic E-state index is 12.5. The van der Waals surface area contributed by atoms with Gasteiger partial charge in [-0.3, -0.25) is 4.68 Å². The minimum absolute atomic E-state index is 0.0960. The molecule has 15 heavy (non-hydrogen) atoms. The van der Waals surface area contributed by atoms with Gasteiger partial charge in [-0.05, 0) is 6.92 Å². The molecule has 0 spiro atoms. The van der Waals surface area contributed by atoms with Crippen LogP contribution in [0.1, 0.15) is 12.6 Å². The lowest BCUT2D eigenvalue weighted by Crippen LogP contribution is -2.16. The maximum atomic E-state index is 12.5. The minimum Gasteiger partial charge on any atom is -0.259 e. The van der Waals surface area contributed by atoms with Gasteiger partial charge in [-0.1, -0.05) is 0 Å². The van der Waals surface area contributed by atoms with Crippen LogP contribution in [-0.4, -0.2) is 18.2 Å². The summed E-state index contributed by atoms with van der Waals surface area (Å²) in [7, 11) is 0.422. The largest absolute Gasteiger partial charge is 0.434 e. The van der Waals surface area contributed by atoms with Gasteiger partial charge in [-0.25, -0.2) is 8.42 Å². The van der Waals surface area contributed by atoms with Gasteiger partial charge in [0, 0.05) is 17.2 Å². The minimum atomic E-state index is -4.80. The summed E-state index contributed by atoms with van der Waals surface area (Å²) in [4.78, 5) is -1.02. The predicted molar refractivity (Wildman–Crippen MR) is 45.9 cm³/mol. The molecule has 0 saturated carbocycles. The zero-order valence-corrected chi connectivity index (χ0v) is 8.99. The van der Waals surface area contributed by atoms with Crippen molar-refractivity contribution in [2.75, 3.05) is 0 Å². The van der Waals surface area contributed by atoms with Crippen LogP contribution in [0.2, 0.25) is 0 Å². The second-order valence-electron chi connectivity index (χ2n) is 2.61. The summed E-state index contributed by atoms with van der Waals surface area (Å²) in [5, 5.41) is 3.30. The van der Waals surface area contributed by atoms with E-state index in [9.17, 15) is 21.6 Å². The van der Waals surface area contributed by atoms with Crippen LogP contribution in [0.4, 0.5) is 13.2 Å². The highest BCUT2D eigenvalue weighted by Crippen LogP contribution is 2.35. The van der Waals surface area contributed by atoms with Crippen LogP contribution in [0.25, 0.3) is 0 Å². The quantitative estimate of drug-likeness (QED) is 0.765. The third kappa shape index (κ3) is 2.43. The van der Waals surface area contributed by atoms with Crippen molar-refractivity contribution in [3.63, 3.8) is 0 Å². The van der Waals surface area contributed by atoms with Gasteiger partial charge in [0.1, 0.15) is 4.90 Å². The van der Waals surface area contributed by atoms with Crippen LogP contribution >= 0.6 is 10.7 Å². The summed E-state index contributed by atoms with van der Waals surface area (Å²) in [5.41, 5.74) is -1.35. The molecule has 0 N–H and O–H groups in total. The second kappa shape index (κ2) is 3.67. The van der Waals surface area contributed by atoms with E-state index < -0.39 is 25.8 Å². The monoisotopic (exact) mass is 262 g/mol. The lowest BCUT2D eigenvalue weighted by molar-refractivity contribution is -0.146. The Labute approximate surface area is 88.1 Å². The van der Waals surface area contributed by atoms with E-state index in [1.165, 1.54) is 6.92 Å². The molecule has 1 heterocycles. The Morgan fingerprint density at radius 2 is 2.07 bits per heavy atom. The number of aryl methyl sites for hydroxylation is 1. The Balaban J connectivity index is 3.51. The molecule has 1 aromatic heterocycles. The van der Waals surface area contributed by atoms with Crippen molar-refractivity contribution in [1.29, 1.82) is 0 Å². The average Bonchev–Trinajstić information content (AvgIpc) is 2.44. The maximum Gasteiger partial charge on any atom is 0.434 e. The van der Waals surface area contributed by atoms with E-state index in [0.29, 0.717) is 10.9 Å². The van der Waals surface area contributed by atoms with Crippen molar-refractivity contribution < 1.29 is 21.6 Å². The molecule has 86 valence electrons. The highest BCUT2D eigenvalue weighted by atomic mass is 35.7. The number of halogens is 4. The molecular formula is C6H6ClF3N2O2S. The lowest BCUT2D eigenvalue weighted by atomic mass is 10.4. The van der Waals surface area contributed by atoms with E-state index in [4.69, 9.17) is 10.7 Å². The Hall–Kier alpha value is -0.760. The average molecular weight is 263 g/mol. The Kier molecular flexibility index (Phi) is 3.01. The third-order valence-electron chi connectivity index (χ3n) is 1.64. The van der Waals surface area contributed by atoms with Gasteiger partial charge in [0.2, 0.25) is 0 Å². The normalized spacial score (nSPS) is 13.1. The molecule has 0 atom stereocenters. The van der Waals surface area contributed by atoms with Crippen molar-refractivity contribution >= 4 is 19.7 Å². The van der Waals surface area contributed by atoms with Crippen LogP contribution in [0.3, 0.4) is 0 Å². The smallest absolute Gasteiger partial charge is 0.259 e. The molecule has 4 nitrogen and oxygen atoms in total. The summed E-state index contributed by atoms with van der Waals surface area (Å²) in [6.45, 7) is 1.31. The summed E-state index contributed by atoms with van der Waals surface area (Å²) in [6, 6.07) is 0. The highest BCUT2D eigenvalue weighted by Gasteiger charge is 2.41. The molecule has 0 fully saturated rings. The number of hydrogen-bond acceptors (Lipinski definition) is 3. The molecule has 0 radical (unpaired) electrons. The van der Waals surface area contributed by atoms with E-state index in [1.807, 2.05) is 0 Å². The Morgan fingerprint density at radius 3 is 2.40 bits per heavy atom. The first kappa shape index (κ1) is 12.3. The summed E-state index contributed by atoms with van der Waals surface area (Å²) in [5.74, 6) is 0.